The fraction of sp³-hybridized carbons (Fsp3) is 0. The Hall–Kier alpha value is -7.37. The fourth-order valence-electron chi connectivity index (χ4n) is 8.44. The van der Waals surface area contributed by atoms with Crippen LogP contribution in [-0.4, -0.2) is 15.0 Å². The van der Waals surface area contributed by atoms with E-state index in [1.165, 1.54) is 0 Å². The van der Waals surface area contributed by atoms with Gasteiger partial charge in [-0.25, -0.2) is 15.0 Å². The largest absolute Gasteiger partial charge is 0.455 e. The van der Waals surface area contributed by atoms with E-state index >= 15 is 0 Å². The minimum atomic E-state index is 0.529. The number of benzene rings is 9. The summed E-state index contributed by atoms with van der Waals surface area (Å²) < 4.78 is 13.7. The summed E-state index contributed by atoms with van der Waals surface area (Å²) in [6, 6.07) is 56.7. The number of hydrogen-bond donors (Lipinski definition) is 0. The fourth-order valence-corrected chi connectivity index (χ4v) is 8.44. The second-order valence-corrected chi connectivity index (χ2v) is 13.9. The molecule has 0 saturated carbocycles. The molecule has 5 heteroatoms. The van der Waals surface area contributed by atoms with E-state index in [0.717, 1.165) is 104 Å². The summed E-state index contributed by atoms with van der Waals surface area (Å²) in [5, 5.41) is 13.3. The Balaban J connectivity index is 1.22. The summed E-state index contributed by atoms with van der Waals surface area (Å²) in [6.07, 6.45) is 0. The van der Waals surface area contributed by atoms with Crippen molar-refractivity contribution in [2.45, 2.75) is 0 Å². The molecule has 3 heterocycles. The van der Waals surface area contributed by atoms with Crippen molar-refractivity contribution in [2.75, 3.05) is 0 Å². The number of furan rings is 2. The molecule has 54 heavy (non-hydrogen) atoms. The van der Waals surface area contributed by atoms with Crippen molar-refractivity contribution >= 4 is 87.0 Å². The monoisotopic (exact) mass is 689 g/mol. The highest BCUT2D eigenvalue weighted by Crippen LogP contribution is 2.45. The number of fused-ring (bicyclic) bond motifs is 14. The van der Waals surface area contributed by atoms with Crippen LogP contribution in [0.3, 0.4) is 0 Å². The molecular formula is C49H27N3O2. The number of hydrogen-bond acceptors (Lipinski definition) is 5. The second-order valence-electron chi connectivity index (χ2n) is 13.9. The molecule has 12 aromatic rings. The Morgan fingerprint density at radius 1 is 0.315 bits per heavy atom. The Labute approximate surface area is 307 Å². The molecule has 250 valence electrons. The molecule has 0 amide bonds. The van der Waals surface area contributed by atoms with E-state index in [-0.39, 0.29) is 0 Å². The summed E-state index contributed by atoms with van der Waals surface area (Å²) in [4.78, 5) is 15.7. The Morgan fingerprint density at radius 3 is 1.19 bits per heavy atom. The molecule has 0 fully saturated rings. The predicted octanol–water partition coefficient (Wildman–Crippen LogP) is 13.3. The Kier molecular flexibility index (Phi) is 5.99. The van der Waals surface area contributed by atoms with Crippen LogP contribution in [0.5, 0.6) is 0 Å². The van der Waals surface area contributed by atoms with Crippen LogP contribution >= 0.6 is 0 Å². The molecule has 0 atom stereocenters. The summed E-state index contributed by atoms with van der Waals surface area (Å²) >= 11 is 0. The first kappa shape index (κ1) is 29.2. The van der Waals surface area contributed by atoms with Gasteiger partial charge >= 0.3 is 0 Å². The molecule has 0 N–H and O–H groups in total. The van der Waals surface area contributed by atoms with Gasteiger partial charge in [0.15, 0.2) is 17.5 Å². The molecule has 9 aromatic carbocycles. The zero-order valence-corrected chi connectivity index (χ0v) is 28.7. The first-order chi connectivity index (χ1) is 26.8. The van der Waals surface area contributed by atoms with Gasteiger partial charge in [-0.05, 0) is 67.4 Å². The van der Waals surface area contributed by atoms with Crippen LogP contribution in [0, 0.1) is 0 Å². The molecule has 0 aliphatic rings. The van der Waals surface area contributed by atoms with Crippen molar-refractivity contribution in [3.63, 3.8) is 0 Å². The van der Waals surface area contributed by atoms with Gasteiger partial charge in [0.25, 0.3) is 0 Å². The highest BCUT2D eigenvalue weighted by molar-refractivity contribution is 6.30. The summed E-state index contributed by atoms with van der Waals surface area (Å²) in [6.45, 7) is 0. The van der Waals surface area contributed by atoms with Crippen LogP contribution in [0.1, 0.15) is 0 Å². The summed E-state index contributed by atoms with van der Waals surface area (Å²) in [5.74, 6) is 1.63. The van der Waals surface area contributed by atoms with Gasteiger partial charge in [-0.15, -0.1) is 0 Å². The topological polar surface area (TPSA) is 65.0 Å². The average molecular weight is 690 g/mol. The number of aromatic nitrogens is 3. The lowest BCUT2D eigenvalue weighted by atomic mass is 9.96. The van der Waals surface area contributed by atoms with E-state index in [2.05, 4.69) is 133 Å². The molecule has 5 nitrogen and oxygen atoms in total. The van der Waals surface area contributed by atoms with Crippen LogP contribution in [0.25, 0.3) is 121 Å². The van der Waals surface area contributed by atoms with Crippen molar-refractivity contribution in [3.05, 3.63) is 164 Å². The van der Waals surface area contributed by atoms with E-state index in [4.69, 9.17) is 23.8 Å². The van der Waals surface area contributed by atoms with E-state index < -0.39 is 0 Å². The first-order valence-electron chi connectivity index (χ1n) is 18.1. The third-order valence-corrected chi connectivity index (χ3v) is 10.9. The highest BCUT2D eigenvalue weighted by atomic mass is 16.3. The van der Waals surface area contributed by atoms with Crippen LogP contribution in [0.15, 0.2) is 173 Å². The van der Waals surface area contributed by atoms with Gasteiger partial charge < -0.3 is 8.83 Å². The molecule has 0 aliphatic heterocycles. The standard InChI is InChI=1S/C49H27N3O2/c1-2-14-30(15-3-1)47-50-48(37-26-31-16-6-10-20-35(31)43-41-33-18-8-4-12-28(33)22-24-39(41)53-45(37)43)52-49(51-47)38-27-32-17-7-11-21-36(32)44-42-34-19-9-5-13-29(34)23-25-40(42)54-46(38)44/h1-27H. The van der Waals surface area contributed by atoms with Gasteiger partial charge in [0.2, 0.25) is 0 Å². The van der Waals surface area contributed by atoms with Crippen LogP contribution < -0.4 is 0 Å². The molecule has 0 radical (unpaired) electrons. The van der Waals surface area contributed by atoms with E-state index in [9.17, 15) is 0 Å². The maximum Gasteiger partial charge on any atom is 0.167 e. The third-order valence-electron chi connectivity index (χ3n) is 10.9. The molecule has 0 spiro atoms. The van der Waals surface area contributed by atoms with Crippen molar-refractivity contribution in [1.29, 1.82) is 0 Å². The Bertz CT molecular complexity index is 3300. The molecule has 0 unspecified atom stereocenters. The van der Waals surface area contributed by atoms with E-state index in [1.54, 1.807) is 0 Å². The smallest absolute Gasteiger partial charge is 0.167 e. The molecule has 3 aromatic heterocycles. The van der Waals surface area contributed by atoms with Gasteiger partial charge in [0.05, 0.1) is 11.1 Å². The number of nitrogens with zero attached hydrogens (tertiary/aromatic N) is 3. The average Bonchev–Trinajstić information content (AvgIpc) is 3.84. The molecule has 12 rings (SSSR count). The van der Waals surface area contributed by atoms with E-state index in [1.807, 2.05) is 30.3 Å². The minimum absolute atomic E-state index is 0.529. The maximum atomic E-state index is 6.84. The van der Waals surface area contributed by atoms with Gasteiger partial charge in [0, 0.05) is 27.1 Å². The molecule has 0 saturated heterocycles. The van der Waals surface area contributed by atoms with Gasteiger partial charge in [-0.2, -0.15) is 0 Å². The van der Waals surface area contributed by atoms with E-state index in [0.29, 0.717) is 17.5 Å². The van der Waals surface area contributed by atoms with Gasteiger partial charge in [0.1, 0.15) is 22.3 Å². The minimum Gasteiger partial charge on any atom is -0.455 e. The lowest BCUT2D eigenvalue weighted by Gasteiger charge is -2.11. The lowest BCUT2D eigenvalue weighted by molar-refractivity contribution is 0.670. The lowest BCUT2D eigenvalue weighted by Crippen LogP contribution is -2.01. The van der Waals surface area contributed by atoms with Crippen molar-refractivity contribution in [3.8, 4) is 34.2 Å². The summed E-state index contributed by atoms with van der Waals surface area (Å²) in [7, 11) is 0. The van der Waals surface area contributed by atoms with Gasteiger partial charge in [-0.1, -0.05) is 140 Å². The maximum absolute atomic E-state index is 6.84. The molecule has 0 bridgehead atoms. The van der Waals surface area contributed by atoms with Crippen molar-refractivity contribution < 1.29 is 8.83 Å². The normalized spacial score (nSPS) is 12.1. The highest BCUT2D eigenvalue weighted by Gasteiger charge is 2.24. The van der Waals surface area contributed by atoms with Crippen LogP contribution in [-0.2, 0) is 0 Å². The zero-order chi connectivity index (χ0) is 35.3. The predicted molar refractivity (Wildman–Crippen MR) is 221 cm³/mol. The van der Waals surface area contributed by atoms with Gasteiger partial charge in [-0.3, -0.25) is 0 Å². The van der Waals surface area contributed by atoms with Crippen LogP contribution in [0.4, 0.5) is 0 Å². The molecular weight excluding hydrogens is 663 g/mol. The van der Waals surface area contributed by atoms with Crippen molar-refractivity contribution in [2.24, 2.45) is 0 Å². The second kappa shape index (κ2) is 11.1. The van der Waals surface area contributed by atoms with Crippen LogP contribution in [0.2, 0.25) is 0 Å². The zero-order valence-electron chi connectivity index (χ0n) is 28.7. The first-order valence-corrected chi connectivity index (χ1v) is 18.1. The molecule has 0 aliphatic carbocycles. The quantitative estimate of drug-likeness (QED) is 0.185. The Morgan fingerprint density at radius 2 is 0.704 bits per heavy atom. The SMILES string of the molecule is c1ccc(-c2nc(-c3cc4ccccc4c4c3oc3ccc5ccccc5c34)nc(-c3cc4ccccc4c4c3oc3ccc5ccccc5c34)n2)cc1. The number of rotatable bonds is 3. The summed E-state index contributed by atoms with van der Waals surface area (Å²) in [5.41, 5.74) is 5.64. The van der Waals surface area contributed by atoms with Crippen molar-refractivity contribution in [1.82, 2.24) is 15.0 Å². The third kappa shape index (κ3) is 4.18.